The number of halogens is 5. The van der Waals surface area contributed by atoms with E-state index in [0.717, 1.165) is 39.6 Å². The first kappa shape index (κ1) is 25.9. The largest absolute Gasteiger partial charge is 0.493 e. The molecule has 0 radical (unpaired) electrons. The number of nitrogens with zero attached hydrogens (tertiary/aromatic N) is 2. The van der Waals surface area contributed by atoms with Crippen molar-refractivity contribution < 1.29 is 22.6 Å². The number of ether oxygens (including phenoxy) is 2. The van der Waals surface area contributed by atoms with Gasteiger partial charge < -0.3 is 9.47 Å². The summed E-state index contributed by atoms with van der Waals surface area (Å²) < 4.78 is 53.0. The molecule has 3 aromatic carbocycles. The van der Waals surface area contributed by atoms with Gasteiger partial charge in [0.05, 0.1) is 22.3 Å². The summed E-state index contributed by atoms with van der Waals surface area (Å²) in [5.74, 6) is 1.27. The van der Waals surface area contributed by atoms with Crippen LogP contribution in [0.1, 0.15) is 30.3 Å². The highest BCUT2D eigenvalue weighted by atomic mass is 35.5. The standard InChI is InChI=1S/C27H23Cl2F3N2O2/c1-3-13-35-24-12-7-17(2)14-21(24)18-8-10-20(11-9-18)36-16-19-15-25(27(30,31)32)33-34(19)26-22(28)5-4-6-23(26)29/h4-12,14-15H,3,13,16H2,1-2H3. The van der Waals surface area contributed by atoms with Gasteiger partial charge in [-0.1, -0.05) is 60.0 Å². The molecule has 4 nitrogen and oxygen atoms in total. The van der Waals surface area contributed by atoms with Gasteiger partial charge in [0.2, 0.25) is 0 Å². The fourth-order valence-corrected chi connectivity index (χ4v) is 4.20. The van der Waals surface area contributed by atoms with Crippen molar-refractivity contribution in [3.8, 4) is 28.3 Å². The van der Waals surface area contributed by atoms with E-state index in [0.29, 0.717) is 12.4 Å². The van der Waals surface area contributed by atoms with Crippen LogP contribution >= 0.6 is 23.2 Å². The predicted octanol–water partition coefficient (Wildman–Crippen LogP) is 8.54. The number of rotatable bonds is 8. The summed E-state index contributed by atoms with van der Waals surface area (Å²) in [6.07, 6.45) is -3.74. The van der Waals surface area contributed by atoms with Crippen molar-refractivity contribution in [3.63, 3.8) is 0 Å². The zero-order chi connectivity index (χ0) is 25.9. The molecule has 0 bridgehead atoms. The molecular formula is C27H23Cl2F3N2O2. The second-order valence-corrected chi connectivity index (χ2v) is 8.98. The summed E-state index contributed by atoms with van der Waals surface area (Å²) in [6, 6.07) is 18.9. The van der Waals surface area contributed by atoms with Crippen LogP contribution in [0.5, 0.6) is 11.5 Å². The first-order valence-electron chi connectivity index (χ1n) is 11.2. The van der Waals surface area contributed by atoms with Gasteiger partial charge in [-0.25, -0.2) is 4.68 Å². The predicted molar refractivity (Wildman–Crippen MR) is 135 cm³/mol. The first-order chi connectivity index (χ1) is 17.2. The summed E-state index contributed by atoms with van der Waals surface area (Å²) in [4.78, 5) is 0. The number of hydrogen-bond acceptors (Lipinski definition) is 3. The monoisotopic (exact) mass is 534 g/mol. The van der Waals surface area contributed by atoms with E-state index in [2.05, 4.69) is 5.10 Å². The third-order valence-electron chi connectivity index (χ3n) is 5.37. The number of benzene rings is 3. The molecule has 0 saturated heterocycles. The van der Waals surface area contributed by atoms with E-state index in [1.807, 2.05) is 44.2 Å². The Hall–Kier alpha value is -3.16. The Balaban J connectivity index is 1.60. The minimum Gasteiger partial charge on any atom is -0.493 e. The second kappa shape index (κ2) is 10.8. The van der Waals surface area contributed by atoms with Gasteiger partial charge in [-0.05, 0) is 61.4 Å². The SMILES string of the molecule is CCCOc1ccc(C)cc1-c1ccc(OCc2cc(C(F)(F)F)nn2-c2c(Cl)cccc2Cl)cc1. The molecule has 0 aliphatic carbocycles. The van der Waals surface area contributed by atoms with Crippen LogP contribution < -0.4 is 9.47 Å². The molecule has 0 fully saturated rings. The zero-order valence-electron chi connectivity index (χ0n) is 19.6. The number of para-hydroxylation sites is 1. The lowest BCUT2D eigenvalue weighted by atomic mass is 10.0. The normalized spacial score (nSPS) is 11.5. The number of aryl methyl sites for hydroxylation is 1. The molecule has 36 heavy (non-hydrogen) atoms. The van der Waals surface area contributed by atoms with E-state index in [-0.39, 0.29) is 28.0 Å². The van der Waals surface area contributed by atoms with Crippen LogP contribution in [-0.2, 0) is 12.8 Å². The number of alkyl halides is 3. The van der Waals surface area contributed by atoms with Crippen LogP contribution in [0.2, 0.25) is 10.0 Å². The van der Waals surface area contributed by atoms with Crippen LogP contribution in [0.4, 0.5) is 13.2 Å². The van der Waals surface area contributed by atoms with Gasteiger partial charge >= 0.3 is 6.18 Å². The highest BCUT2D eigenvalue weighted by Crippen LogP contribution is 2.35. The van der Waals surface area contributed by atoms with Gasteiger partial charge in [0.25, 0.3) is 0 Å². The van der Waals surface area contributed by atoms with E-state index < -0.39 is 11.9 Å². The quantitative estimate of drug-likeness (QED) is 0.227. The topological polar surface area (TPSA) is 36.3 Å². The summed E-state index contributed by atoms with van der Waals surface area (Å²) >= 11 is 12.5. The molecule has 1 heterocycles. The molecule has 0 aliphatic heterocycles. The Morgan fingerprint density at radius 2 is 1.61 bits per heavy atom. The lowest BCUT2D eigenvalue weighted by Gasteiger charge is -2.14. The molecule has 4 aromatic rings. The maximum absolute atomic E-state index is 13.4. The third-order valence-corrected chi connectivity index (χ3v) is 5.98. The fraction of sp³-hybridized carbons (Fsp3) is 0.222. The van der Waals surface area contributed by atoms with E-state index in [4.69, 9.17) is 32.7 Å². The molecule has 1 aromatic heterocycles. The van der Waals surface area contributed by atoms with Gasteiger partial charge in [0.1, 0.15) is 23.8 Å². The van der Waals surface area contributed by atoms with Crippen molar-refractivity contribution >= 4 is 23.2 Å². The minimum absolute atomic E-state index is 0.148. The second-order valence-electron chi connectivity index (χ2n) is 8.16. The lowest BCUT2D eigenvalue weighted by Crippen LogP contribution is -2.09. The van der Waals surface area contributed by atoms with Crippen LogP contribution in [0, 0.1) is 6.92 Å². The summed E-state index contributed by atoms with van der Waals surface area (Å²) in [6.45, 7) is 4.48. The Morgan fingerprint density at radius 1 is 0.917 bits per heavy atom. The maximum Gasteiger partial charge on any atom is 0.435 e. The molecule has 0 atom stereocenters. The Bertz CT molecular complexity index is 1330. The number of hydrogen-bond donors (Lipinski definition) is 0. The molecule has 0 amide bonds. The smallest absolute Gasteiger partial charge is 0.435 e. The molecule has 9 heteroatoms. The average Bonchev–Trinajstić information content (AvgIpc) is 3.26. The van der Waals surface area contributed by atoms with E-state index >= 15 is 0 Å². The van der Waals surface area contributed by atoms with Gasteiger partial charge in [0, 0.05) is 5.56 Å². The van der Waals surface area contributed by atoms with Crippen molar-refractivity contribution in [3.05, 3.63) is 93.7 Å². The summed E-state index contributed by atoms with van der Waals surface area (Å²) in [5.41, 5.74) is 2.23. The molecule has 4 rings (SSSR count). The Labute approximate surface area is 217 Å². The van der Waals surface area contributed by atoms with E-state index in [1.54, 1.807) is 18.2 Å². The van der Waals surface area contributed by atoms with Gasteiger partial charge in [-0.3, -0.25) is 0 Å². The molecule has 0 saturated carbocycles. The Kier molecular flexibility index (Phi) is 7.81. The first-order valence-corrected chi connectivity index (χ1v) is 12.0. The lowest BCUT2D eigenvalue weighted by molar-refractivity contribution is -0.141. The van der Waals surface area contributed by atoms with Gasteiger partial charge in [0.15, 0.2) is 5.69 Å². The maximum atomic E-state index is 13.4. The molecule has 188 valence electrons. The highest BCUT2D eigenvalue weighted by Gasteiger charge is 2.35. The van der Waals surface area contributed by atoms with Crippen LogP contribution in [0.3, 0.4) is 0 Å². The third kappa shape index (κ3) is 5.79. The number of aromatic nitrogens is 2. The molecule has 0 aliphatic rings. The zero-order valence-corrected chi connectivity index (χ0v) is 21.1. The summed E-state index contributed by atoms with van der Waals surface area (Å²) in [7, 11) is 0. The molecule has 0 spiro atoms. The van der Waals surface area contributed by atoms with Crippen LogP contribution in [0.25, 0.3) is 16.8 Å². The van der Waals surface area contributed by atoms with Crippen LogP contribution in [-0.4, -0.2) is 16.4 Å². The molecular weight excluding hydrogens is 512 g/mol. The highest BCUT2D eigenvalue weighted by molar-refractivity contribution is 6.37. The summed E-state index contributed by atoms with van der Waals surface area (Å²) in [5, 5.41) is 4.05. The fourth-order valence-electron chi connectivity index (χ4n) is 3.64. The van der Waals surface area contributed by atoms with Crippen LogP contribution in [0.15, 0.2) is 66.7 Å². The average molecular weight is 535 g/mol. The van der Waals surface area contributed by atoms with Crippen molar-refractivity contribution in [2.75, 3.05) is 6.61 Å². The minimum atomic E-state index is -4.64. The van der Waals surface area contributed by atoms with Crippen molar-refractivity contribution in [2.24, 2.45) is 0 Å². The van der Waals surface area contributed by atoms with E-state index in [1.165, 1.54) is 12.1 Å². The molecule has 0 N–H and O–H groups in total. The van der Waals surface area contributed by atoms with Gasteiger partial charge in [-0.2, -0.15) is 18.3 Å². The van der Waals surface area contributed by atoms with Crippen molar-refractivity contribution in [1.82, 2.24) is 9.78 Å². The molecule has 0 unspecified atom stereocenters. The van der Waals surface area contributed by atoms with Gasteiger partial charge in [-0.15, -0.1) is 0 Å². The van der Waals surface area contributed by atoms with Crippen molar-refractivity contribution in [1.29, 1.82) is 0 Å². The van der Waals surface area contributed by atoms with E-state index in [9.17, 15) is 13.2 Å². The Morgan fingerprint density at radius 3 is 2.25 bits per heavy atom. The van der Waals surface area contributed by atoms with Crippen molar-refractivity contribution in [2.45, 2.75) is 33.1 Å².